The van der Waals surface area contributed by atoms with Crippen molar-refractivity contribution < 1.29 is 4.79 Å². The molecule has 0 saturated carbocycles. The van der Waals surface area contributed by atoms with Gasteiger partial charge in [0.05, 0.1) is 22.4 Å². The summed E-state index contributed by atoms with van der Waals surface area (Å²) in [7, 11) is 0. The number of amides is 1. The maximum atomic E-state index is 12.2. The van der Waals surface area contributed by atoms with Crippen molar-refractivity contribution >= 4 is 46.2 Å². The summed E-state index contributed by atoms with van der Waals surface area (Å²) in [6.07, 6.45) is 1.80. The molecule has 2 N–H and O–H groups in total. The van der Waals surface area contributed by atoms with Crippen LogP contribution in [-0.4, -0.2) is 20.6 Å². The average Bonchev–Trinajstić information content (AvgIpc) is 3.45. The van der Waals surface area contributed by atoms with Gasteiger partial charge in [-0.2, -0.15) is 0 Å². The minimum atomic E-state index is -0.205. The Morgan fingerprint density at radius 2 is 1.78 bits per heavy atom. The lowest BCUT2D eigenvalue weighted by Gasteiger charge is -2.29. The van der Waals surface area contributed by atoms with Gasteiger partial charge in [0, 0.05) is 34.9 Å². The van der Waals surface area contributed by atoms with Crippen LogP contribution in [0.5, 0.6) is 0 Å². The van der Waals surface area contributed by atoms with Crippen molar-refractivity contribution in [2.75, 3.05) is 10.2 Å². The summed E-state index contributed by atoms with van der Waals surface area (Å²) in [5, 5.41) is 7.43. The molecule has 2 aromatic carbocycles. The maximum absolute atomic E-state index is 12.2. The first-order valence-electron chi connectivity index (χ1n) is 12.2. The van der Waals surface area contributed by atoms with Gasteiger partial charge >= 0.3 is 0 Å². The molecule has 188 valence electrons. The van der Waals surface area contributed by atoms with Crippen LogP contribution in [0.4, 0.5) is 11.4 Å². The topological polar surface area (TPSA) is 62.2 Å². The summed E-state index contributed by atoms with van der Waals surface area (Å²) in [5.74, 6) is -0.235. The molecule has 0 spiro atoms. The predicted molar refractivity (Wildman–Crippen MR) is 153 cm³/mol. The molecule has 0 aliphatic carbocycles. The number of thiocarbonyl (C=S) groups is 1. The third-order valence-corrected chi connectivity index (χ3v) is 7.16. The number of hydrogen-bond acceptors (Lipinski definition) is 3. The van der Waals surface area contributed by atoms with Crippen molar-refractivity contribution in [3.63, 3.8) is 0 Å². The van der Waals surface area contributed by atoms with Gasteiger partial charge in [0.1, 0.15) is 6.04 Å². The quantitative estimate of drug-likeness (QED) is 0.275. The molecule has 37 heavy (non-hydrogen) atoms. The van der Waals surface area contributed by atoms with E-state index in [-0.39, 0.29) is 23.9 Å². The van der Waals surface area contributed by atoms with Crippen molar-refractivity contribution in [1.82, 2.24) is 14.9 Å². The Hall–Kier alpha value is -3.68. The highest BCUT2D eigenvalue weighted by Gasteiger charge is 2.42. The van der Waals surface area contributed by atoms with Crippen LogP contribution in [0.15, 0.2) is 85.1 Å². The number of halogens is 1. The van der Waals surface area contributed by atoms with E-state index in [0.717, 1.165) is 28.5 Å². The third kappa shape index (κ3) is 4.84. The molecule has 1 aliphatic heterocycles. The second kappa shape index (κ2) is 10.4. The van der Waals surface area contributed by atoms with Gasteiger partial charge in [-0.1, -0.05) is 49.7 Å². The van der Waals surface area contributed by atoms with E-state index >= 15 is 0 Å². The van der Waals surface area contributed by atoms with Gasteiger partial charge < -0.3 is 20.1 Å². The summed E-state index contributed by atoms with van der Waals surface area (Å²) in [5.41, 5.74) is 5.55. The number of anilines is 2. The van der Waals surface area contributed by atoms with E-state index < -0.39 is 0 Å². The SMILES string of the molecule is Cc1ccc([C@@H]2[C@H](c3ccccn3)NC(=S)N2c2ccc(NC(=O)C(C)C)c(Cl)c2)n1-c1ccccc1. The predicted octanol–water partition coefficient (Wildman–Crippen LogP) is 6.61. The van der Waals surface area contributed by atoms with Crippen LogP contribution in [0.1, 0.15) is 43.0 Å². The number of para-hydroxylation sites is 1. The summed E-state index contributed by atoms with van der Waals surface area (Å²) < 4.78 is 2.25. The molecule has 4 aromatic rings. The minimum Gasteiger partial charge on any atom is -0.351 e. The lowest BCUT2D eigenvalue weighted by Crippen LogP contribution is -2.30. The third-order valence-electron chi connectivity index (χ3n) is 6.53. The molecule has 3 heterocycles. The molecule has 5 rings (SSSR count). The van der Waals surface area contributed by atoms with Crippen LogP contribution in [0.25, 0.3) is 5.69 Å². The molecule has 1 fully saturated rings. The Bertz CT molecular complexity index is 1440. The molecular formula is C29H28ClN5OS. The van der Waals surface area contributed by atoms with Crippen molar-refractivity contribution in [2.24, 2.45) is 5.92 Å². The first-order chi connectivity index (χ1) is 17.8. The van der Waals surface area contributed by atoms with Gasteiger partial charge in [-0.3, -0.25) is 9.78 Å². The van der Waals surface area contributed by atoms with Gasteiger partial charge in [0.25, 0.3) is 0 Å². The Balaban J connectivity index is 1.62. The van der Waals surface area contributed by atoms with Crippen molar-refractivity contribution in [3.8, 4) is 5.69 Å². The van der Waals surface area contributed by atoms with Crippen LogP contribution in [0, 0.1) is 12.8 Å². The molecule has 0 radical (unpaired) electrons. The minimum absolute atomic E-state index is 0.0859. The van der Waals surface area contributed by atoms with Crippen LogP contribution in [0.2, 0.25) is 5.02 Å². The van der Waals surface area contributed by atoms with Crippen molar-refractivity contribution in [3.05, 3.63) is 107 Å². The second-order valence-corrected chi connectivity index (χ2v) is 10.2. The van der Waals surface area contributed by atoms with Crippen LogP contribution in [-0.2, 0) is 4.79 Å². The number of carbonyl (C=O) groups is 1. The molecule has 2 aromatic heterocycles. The number of nitrogens with one attached hydrogen (secondary N) is 2. The van der Waals surface area contributed by atoms with Crippen molar-refractivity contribution in [1.29, 1.82) is 0 Å². The summed E-state index contributed by atoms with van der Waals surface area (Å²) in [4.78, 5) is 19.0. The molecule has 1 amide bonds. The van der Waals surface area contributed by atoms with E-state index in [9.17, 15) is 4.79 Å². The van der Waals surface area contributed by atoms with Gasteiger partial charge in [0.2, 0.25) is 5.91 Å². The van der Waals surface area contributed by atoms with Gasteiger partial charge in [0.15, 0.2) is 5.11 Å². The largest absolute Gasteiger partial charge is 0.351 e. The fourth-order valence-corrected chi connectivity index (χ4v) is 5.25. The van der Waals surface area contributed by atoms with Gasteiger partial charge in [-0.15, -0.1) is 0 Å². The van der Waals surface area contributed by atoms with Gasteiger partial charge in [-0.25, -0.2) is 0 Å². The zero-order valence-corrected chi connectivity index (χ0v) is 22.4. The smallest absolute Gasteiger partial charge is 0.226 e. The highest BCUT2D eigenvalue weighted by atomic mass is 35.5. The maximum Gasteiger partial charge on any atom is 0.226 e. The molecule has 6 nitrogen and oxygen atoms in total. The molecule has 1 saturated heterocycles. The van der Waals surface area contributed by atoms with E-state index in [1.54, 1.807) is 6.20 Å². The monoisotopic (exact) mass is 529 g/mol. The number of aromatic nitrogens is 2. The standard InChI is InChI=1S/C29H28ClN5OS/c1-18(2)28(36)32-23-14-13-21(17-22(23)30)35-27(26(33-29(35)37)24-11-7-8-16-31-24)25-15-12-19(3)34(25)20-9-5-4-6-10-20/h4-18,26-27H,1-3H3,(H,32,36)(H,33,37)/t26-,27+/m0/s1. The number of aryl methyl sites for hydroxylation is 1. The Kier molecular flexibility index (Phi) is 7.00. The van der Waals surface area contributed by atoms with Crippen LogP contribution >= 0.6 is 23.8 Å². The average molecular weight is 530 g/mol. The number of carbonyl (C=O) groups excluding carboxylic acids is 1. The molecule has 0 bridgehead atoms. The van der Waals surface area contributed by atoms with Crippen molar-refractivity contribution in [2.45, 2.75) is 32.9 Å². The molecule has 1 aliphatic rings. The fraction of sp³-hybridized carbons (Fsp3) is 0.207. The Labute approximate surface area is 227 Å². The summed E-state index contributed by atoms with van der Waals surface area (Å²) >= 11 is 12.5. The highest BCUT2D eigenvalue weighted by molar-refractivity contribution is 7.80. The Morgan fingerprint density at radius 3 is 2.46 bits per heavy atom. The normalized spacial score (nSPS) is 17.2. The molecule has 2 atom stereocenters. The number of hydrogen-bond donors (Lipinski definition) is 2. The fourth-order valence-electron chi connectivity index (χ4n) is 4.69. The van der Waals surface area contributed by atoms with E-state index in [0.29, 0.717) is 15.8 Å². The van der Waals surface area contributed by atoms with E-state index in [1.165, 1.54) is 0 Å². The number of rotatable bonds is 6. The summed E-state index contributed by atoms with van der Waals surface area (Å²) in [6, 6.07) is 25.7. The molecule has 8 heteroatoms. The molecule has 0 unspecified atom stereocenters. The van der Waals surface area contributed by atoms with Crippen LogP contribution in [0.3, 0.4) is 0 Å². The first kappa shape index (κ1) is 25.0. The molecular weight excluding hydrogens is 502 g/mol. The van der Waals surface area contributed by atoms with Crippen LogP contribution < -0.4 is 15.5 Å². The first-order valence-corrected chi connectivity index (χ1v) is 13.0. The number of benzene rings is 2. The number of pyridine rings is 1. The highest BCUT2D eigenvalue weighted by Crippen LogP contribution is 2.43. The van der Waals surface area contributed by atoms with E-state index in [2.05, 4.69) is 56.3 Å². The van der Waals surface area contributed by atoms with E-state index in [4.69, 9.17) is 23.8 Å². The summed E-state index contributed by atoms with van der Waals surface area (Å²) in [6.45, 7) is 5.79. The van der Waals surface area contributed by atoms with E-state index in [1.807, 2.05) is 68.4 Å². The number of nitrogens with zero attached hydrogens (tertiary/aromatic N) is 3. The lowest BCUT2D eigenvalue weighted by atomic mass is 10.0. The van der Waals surface area contributed by atoms with Gasteiger partial charge in [-0.05, 0) is 73.7 Å². The lowest BCUT2D eigenvalue weighted by molar-refractivity contribution is -0.118. The zero-order chi connectivity index (χ0) is 26.1. The Morgan fingerprint density at radius 1 is 1.03 bits per heavy atom. The second-order valence-electron chi connectivity index (χ2n) is 9.38. The zero-order valence-electron chi connectivity index (χ0n) is 20.9.